The van der Waals surface area contributed by atoms with Crippen molar-refractivity contribution in [2.45, 2.75) is 18.4 Å². The van der Waals surface area contributed by atoms with Gasteiger partial charge in [0.15, 0.2) is 0 Å². The highest BCUT2D eigenvalue weighted by Gasteiger charge is 2.39. The Morgan fingerprint density at radius 2 is 1.84 bits per heavy atom. The zero-order valence-electron chi connectivity index (χ0n) is 13.5. The van der Waals surface area contributed by atoms with Crippen molar-refractivity contribution in [3.8, 4) is 5.69 Å². The smallest absolute Gasteiger partial charge is 0.255 e. The van der Waals surface area contributed by atoms with E-state index >= 15 is 0 Å². The van der Waals surface area contributed by atoms with E-state index in [0.717, 1.165) is 5.69 Å². The fourth-order valence-corrected chi connectivity index (χ4v) is 3.21. The number of carbonyl (C=O) groups is 1. The number of piperidine rings is 1. The van der Waals surface area contributed by atoms with Crippen LogP contribution in [0.5, 0.6) is 0 Å². The molecule has 1 fully saturated rings. The molecule has 8 heteroatoms. The topological polar surface area (TPSA) is 99.9 Å². The molecular weight excluding hydrogens is 320 g/mol. The minimum atomic E-state index is -1.14. The standard InChI is InChI=1S/C17H18N6O2/c24-15(13-5-1-2-6-14(13)22-9-3-4-10-22)23-11-7-17(25,8-12-23)16-18-20-21-19-16/h1-6,9-10,25H,7-8,11-12H2,(H,18,19,20,21). The van der Waals surface area contributed by atoms with Gasteiger partial charge in [0.05, 0.1) is 11.3 Å². The first-order chi connectivity index (χ1) is 12.2. The summed E-state index contributed by atoms with van der Waals surface area (Å²) in [5.74, 6) is 0.242. The van der Waals surface area contributed by atoms with Gasteiger partial charge in [0, 0.05) is 38.3 Å². The van der Waals surface area contributed by atoms with E-state index in [-0.39, 0.29) is 11.7 Å². The molecule has 0 atom stereocenters. The van der Waals surface area contributed by atoms with Crippen molar-refractivity contribution in [1.29, 1.82) is 0 Å². The van der Waals surface area contributed by atoms with Crippen LogP contribution in [-0.4, -0.2) is 54.2 Å². The normalized spacial score (nSPS) is 16.8. The summed E-state index contributed by atoms with van der Waals surface area (Å²) in [7, 11) is 0. The van der Waals surface area contributed by atoms with E-state index in [1.54, 1.807) is 4.90 Å². The molecule has 25 heavy (non-hydrogen) atoms. The lowest BCUT2D eigenvalue weighted by atomic mass is 9.90. The third-order valence-electron chi connectivity index (χ3n) is 4.66. The van der Waals surface area contributed by atoms with Crippen LogP contribution in [0.2, 0.25) is 0 Å². The molecule has 3 heterocycles. The Labute approximate surface area is 144 Å². The second-order valence-electron chi connectivity index (χ2n) is 6.17. The molecule has 1 saturated heterocycles. The van der Waals surface area contributed by atoms with Crippen LogP contribution in [-0.2, 0) is 5.60 Å². The fourth-order valence-electron chi connectivity index (χ4n) is 3.21. The predicted molar refractivity (Wildman–Crippen MR) is 89.0 cm³/mol. The maximum Gasteiger partial charge on any atom is 0.255 e. The van der Waals surface area contributed by atoms with Gasteiger partial charge < -0.3 is 14.6 Å². The number of hydrogen-bond donors (Lipinski definition) is 2. The van der Waals surface area contributed by atoms with Gasteiger partial charge in [-0.05, 0) is 24.3 Å². The van der Waals surface area contributed by atoms with E-state index in [9.17, 15) is 9.90 Å². The van der Waals surface area contributed by atoms with Crippen LogP contribution in [0.1, 0.15) is 29.0 Å². The van der Waals surface area contributed by atoms with Crippen molar-refractivity contribution in [2.24, 2.45) is 0 Å². The number of para-hydroxylation sites is 1. The Morgan fingerprint density at radius 1 is 1.12 bits per heavy atom. The van der Waals surface area contributed by atoms with Gasteiger partial charge in [0.25, 0.3) is 5.91 Å². The van der Waals surface area contributed by atoms with Crippen LogP contribution in [0, 0.1) is 0 Å². The Kier molecular flexibility index (Phi) is 3.81. The summed E-state index contributed by atoms with van der Waals surface area (Å²) in [6.45, 7) is 0.869. The molecule has 0 bridgehead atoms. The number of tetrazole rings is 1. The monoisotopic (exact) mass is 338 g/mol. The lowest BCUT2D eigenvalue weighted by Gasteiger charge is -2.36. The zero-order valence-corrected chi connectivity index (χ0v) is 13.5. The van der Waals surface area contributed by atoms with Crippen LogP contribution in [0.15, 0.2) is 48.8 Å². The number of aromatic amines is 1. The molecule has 0 aliphatic carbocycles. The first kappa shape index (κ1) is 15.5. The van der Waals surface area contributed by atoms with Gasteiger partial charge >= 0.3 is 0 Å². The number of nitrogens with one attached hydrogen (secondary N) is 1. The number of benzene rings is 1. The Morgan fingerprint density at radius 3 is 2.52 bits per heavy atom. The van der Waals surface area contributed by atoms with Crippen molar-refractivity contribution < 1.29 is 9.90 Å². The van der Waals surface area contributed by atoms with Gasteiger partial charge in [-0.3, -0.25) is 4.79 Å². The van der Waals surface area contributed by atoms with Crippen molar-refractivity contribution in [3.05, 3.63) is 60.2 Å². The van der Waals surface area contributed by atoms with Gasteiger partial charge in [0.1, 0.15) is 5.60 Å². The molecule has 2 aromatic heterocycles. The number of aromatic nitrogens is 5. The molecule has 3 aromatic rings. The van der Waals surface area contributed by atoms with Gasteiger partial charge in [0.2, 0.25) is 5.82 Å². The molecule has 2 N–H and O–H groups in total. The SMILES string of the molecule is O=C(c1ccccc1-n1cccc1)N1CCC(O)(c2nn[nH]n2)CC1. The molecule has 0 spiro atoms. The summed E-state index contributed by atoms with van der Waals surface area (Å²) in [5.41, 5.74) is 0.351. The van der Waals surface area contributed by atoms with Crippen LogP contribution in [0.25, 0.3) is 5.69 Å². The lowest BCUT2D eigenvalue weighted by molar-refractivity contribution is -0.0279. The van der Waals surface area contributed by atoms with E-state index in [4.69, 9.17) is 0 Å². The Balaban J connectivity index is 1.54. The number of aliphatic hydroxyl groups is 1. The molecule has 0 saturated carbocycles. The third kappa shape index (κ3) is 2.80. The number of nitrogens with zero attached hydrogens (tertiary/aromatic N) is 5. The highest BCUT2D eigenvalue weighted by atomic mass is 16.3. The molecular formula is C17H18N6O2. The molecule has 1 aliphatic rings. The molecule has 128 valence electrons. The van der Waals surface area contributed by atoms with Crippen LogP contribution in [0.4, 0.5) is 0 Å². The van der Waals surface area contributed by atoms with Crippen molar-refractivity contribution >= 4 is 5.91 Å². The average Bonchev–Trinajstić information content (AvgIpc) is 3.36. The van der Waals surface area contributed by atoms with E-state index in [2.05, 4.69) is 20.6 Å². The predicted octanol–water partition coefficient (Wildman–Crippen LogP) is 1.11. The van der Waals surface area contributed by atoms with Gasteiger partial charge in [-0.1, -0.05) is 17.3 Å². The van der Waals surface area contributed by atoms with Gasteiger partial charge in [-0.25, -0.2) is 0 Å². The number of rotatable bonds is 3. The second kappa shape index (κ2) is 6.14. The first-order valence-electron chi connectivity index (χ1n) is 8.15. The summed E-state index contributed by atoms with van der Waals surface area (Å²) in [5, 5.41) is 24.3. The number of likely N-dealkylation sites (tertiary alicyclic amines) is 1. The quantitative estimate of drug-likeness (QED) is 0.745. The maximum absolute atomic E-state index is 13.0. The summed E-state index contributed by atoms with van der Waals surface area (Å²) in [4.78, 5) is 14.8. The molecule has 4 rings (SSSR count). The maximum atomic E-state index is 13.0. The van der Waals surface area contributed by atoms with E-state index in [1.165, 1.54) is 0 Å². The van der Waals surface area contributed by atoms with Gasteiger partial charge in [-0.2, -0.15) is 5.21 Å². The first-order valence-corrected chi connectivity index (χ1v) is 8.15. The lowest BCUT2D eigenvalue weighted by Crippen LogP contribution is -2.45. The fraction of sp³-hybridized carbons (Fsp3) is 0.294. The van der Waals surface area contributed by atoms with Crippen molar-refractivity contribution in [2.75, 3.05) is 13.1 Å². The molecule has 1 aliphatic heterocycles. The average molecular weight is 338 g/mol. The molecule has 1 amide bonds. The molecule has 0 unspecified atom stereocenters. The highest BCUT2D eigenvalue weighted by molar-refractivity contribution is 5.97. The largest absolute Gasteiger partial charge is 0.382 e. The van der Waals surface area contributed by atoms with Crippen molar-refractivity contribution in [1.82, 2.24) is 30.1 Å². The minimum Gasteiger partial charge on any atom is -0.382 e. The van der Waals surface area contributed by atoms with Crippen LogP contribution >= 0.6 is 0 Å². The van der Waals surface area contributed by atoms with E-state index < -0.39 is 5.60 Å². The minimum absolute atomic E-state index is 0.0422. The number of H-pyrrole nitrogens is 1. The highest BCUT2D eigenvalue weighted by Crippen LogP contribution is 2.31. The number of carbonyl (C=O) groups excluding carboxylic acids is 1. The van der Waals surface area contributed by atoms with Gasteiger partial charge in [-0.15, -0.1) is 10.2 Å². The molecule has 8 nitrogen and oxygen atoms in total. The summed E-state index contributed by atoms with van der Waals surface area (Å²) in [6, 6.07) is 11.4. The zero-order chi connectivity index (χ0) is 17.3. The van der Waals surface area contributed by atoms with Crippen molar-refractivity contribution in [3.63, 3.8) is 0 Å². The number of amides is 1. The van der Waals surface area contributed by atoms with E-state index in [1.807, 2.05) is 53.4 Å². The summed E-state index contributed by atoms with van der Waals surface area (Å²) in [6.07, 6.45) is 4.59. The van der Waals surface area contributed by atoms with Crippen LogP contribution < -0.4 is 0 Å². The Hall–Kier alpha value is -3.00. The molecule has 1 aromatic carbocycles. The summed E-state index contributed by atoms with van der Waals surface area (Å²) >= 11 is 0. The second-order valence-corrected chi connectivity index (χ2v) is 6.17. The van der Waals surface area contributed by atoms with Crippen LogP contribution in [0.3, 0.4) is 0 Å². The van der Waals surface area contributed by atoms with E-state index in [0.29, 0.717) is 31.5 Å². The third-order valence-corrected chi connectivity index (χ3v) is 4.66. The molecule has 0 radical (unpaired) electrons. The Bertz CT molecular complexity index is 851. The number of hydrogen-bond acceptors (Lipinski definition) is 5. The summed E-state index contributed by atoms with van der Waals surface area (Å²) < 4.78 is 1.92.